The van der Waals surface area contributed by atoms with Crippen LogP contribution in [-0.4, -0.2) is 16.8 Å². The largest absolute Gasteiger partial charge is 0.507 e. The van der Waals surface area contributed by atoms with E-state index in [4.69, 9.17) is 0 Å². The molecule has 0 spiro atoms. The molecule has 28 heavy (non-hydrogen) atoms. The molecule has 0 radical (unpaired) electrons. The van der Waals surface area contributed by atoms with Gasteiger partial charge in [-0.25, -0.2) is 4.39 Å². The summed E-state index contributed by atoms with van der Waals surface area (Å²) in [5.41, 5.74) is 1.21. The van der Waals surface area contributed by atoms with Gasteiger partial charge in [0.1, 0.15) is 17.6 Å². The maximum atomic E-state index is 13.6. The minimum atomic E-state index is -0.762. The topological polar surface area (TPSA) is 57.6 Å². The molecule has 1 aromatic heterocycles. The van der Waals surface area contributed by atoms with Crippen molar-refractivity contribution in [3.8, 4) is 0 Å². The smallest absolute Gasteiger partial charge is 0.300 e. The first-order chi connectivity index (χ1) is 13.5. The van der Waals surface area contributed by atoms with Gasteiger partial charge in [-0.3, -0.25) is 14.5 Å². The van der Waals surface area contributed by atoms with Crippen molar-refractivity contribution in [3.63, 3.8) is 0 Å². The van der Waals surface area contributed by atoms with E-state index in [-0.39, 0.29) is 11.3 Å². The first-order valence-corrected chi connectivity index (χ1v) is 9.53. The Hall–Kier alpha value is -3.25. The van der Waals surface area contributed by atoms with E-state index in [2.05, 4.69) is 0 Å². The zero-order valence-corrected chi connectivity index (χ0v) is 15.7. The van der Waals surface area contributed by atoms with Crippen LogP contribution in [0, 0.1) is 12.7 Å². The maximum absolute atomic E-state index is 13.6. The van der Waals surface area contributed by atoms with Crippen LogP contribution in [0.4, 0.5) is 10.1 Å². The summed E-state index contributed by atoms with van der Waals surface area (Å²) in [7, 11) is 0. The number of hydrogen-bond acceptors (Lipinski definition) is 4. The first kappa shape index (κ1) is 18.1. The van der Waals surface area contributed by atoms with Crippen LogP contribution in [0.15, 0.2) is 71.6 Å². The lowest BCUT2D eigenvalue weighted by molar-refractivity contribution is -0.132. The number of aliphatic hydroxyl groups is 1. The average Bonchev–Trinajstić information content (AvgIpc) is 3.31. The highest BCUT2D eigenvalue weighted by Crippen LogP contribution is 2.43. The molecule has 0 aliphatic carbocycles. The second-order valence-corrected chi connectivity index (χ2v) is 7.46. The number of nitrogens with zero attached hydrogens (tertiary/aromatic N) is 1. The van der Waals surface area contributed by atoms with Crippen molar-refractivity contribution in [2.45, 2.75) is 13.0 Å². The third-order valence-corrected chi connectivity index (χ3v) is 5.65. The van der Waals surface area contributed by atoms with Crippen molar-refractivity contribution in [1.82, 2.24) is 0 Å². The number of benzene rings is 2. The third-order valence-electron chi connectivity index (χ3n) is 4.72. The summed E-state index contributed by atoms with van der Waals surface area (Å²) in [5.74, 6) is -2.18. The molecule has 1 aliphatic rings. The molecule has 2 heterocycles. The molecule has 1 amide bonds. The second kappa shape index (κ2) is 7.05. The van der Waals surface area contributed by atoms with Crippen molar-refractivity contribution in [3.05, 3.63) is 93.4 Å². The monoisotopic (exact) mass is 393 g/mol. The van der Waals surface area contributed by atoms with E-state index in [1.165, 1.54) is 34.4 Å². The predicted octanol–water partition coefficient (Wildman–Crippen LogP) is 4.82. The van der Waals surface area contributed by atoms with Crippen molar-refractivity contribution < 1.29 is 19.1 Å². The fourth-order valence-electron chi connectivity index (χ4n) is 3.35. The summed E-state index contributed by atoms with van der Waals surface area (Å²) >= 11 is 1.39. The number of aliphatic hydroxyl groups excluding tert-OH is 1. The van der Waals surface area contributed by atoms with E-state index in [1.807, 2.05) is 23.6 Å². The van der Waals surface area contributed by atoms with E-state index in [1.54, 1.807) is 31.2 Å². The van der Waals surface area contributed by atoms with Crippen molar-refractivity contribution in [1.29, 1.82) is 0 Å². The first-order valence-electron chi connectivity index (χ1n) is 8.65. The second-order valence-electron chi connectivity index (χ2n) is 6.48. The summed E-state index contributed by atoms with van der Waals surface area (Å²) in [4.78, 5) is 27.9. The van der Waals surface area contributed by atoms with Gasteiger partial charge in [-0.2, -0.15) is 0 Å². The Morgan fingerprint density at radius 1 is 1.07 bits per heavy atom. The van der Waals surface area contributed by atoms with Gasteiger partial charge in [-0.1, -0.05) is 24.3 Å². The molecule has 6 heteroatoms. The molecule has 0 bridgehead atoms. The number of carbonyl (C=O) groups excluding carboxylic acids is 2. The van der Waals surface area contributed by atoms with E-state index in [0.717, 1.165) is 4.88 Å². The quantitative estimate of drug-likeness (QED) is 0.394. The normalized spacial score (nSPS) is 18.6. The van der Waals surface area contributed by atoms with Crippen LogP contribution >= 0.6 is 11.3 Å². The van der Waals surface area contributed by atoms with Gasteiger partial charge >= 0.3 is 0 Å². The average molecular weight is 393 g/mol. The van der Waals surface area contributed by atoms with Crippen molar-refractivity contribution in [2.75, 3.05) is 4.90 Å². The van der Waals surface area contributed by atoms with E-state index < -0.39 is 23.5 Å². The van der Waals surface area contributed by atoms with Gasteiger partial charge in [-0.05, 0) is 54.3 Å². The van der Waals surface area contributed by atoms with Gasteiger partial charge in [0.2, 0.25) is 0 Å². The molecule has 1 aliphatic heterocycles. The Kier molecular flexibility index (Phi) is 4.57. The Bertz CT molecular complexity index is 1090. The summed E-state index contributed by atoms with van der Waals surface area (Å²) in [6.07, 6.45) is 0. The van der Waals surface area contributed by atoms with E-state index in [9.17, 15) is 19.1 Å². The number of hydrogen-bond donors (Lipinski definition) is 1. The highest BCUT2D eigenvalue weighted by Gasteiger charge is 2.47. The van der Waals surface area contributed by atoms with Gasteiger partial charge in [0.15, 0.2) is 0 Å². The molecule has 140 valence electrons. The van der Waals surface area contributed by atoms with E-state index >= 15 is 0 Å². The Balaban J connectivity index is 1.93. The number of ketones is 1. The zero-order chi connectivity index (χ0) is 19.8. The number of Topliss-reactive ketones (excluding diaryl/α,β-unsaturated/α-hetero) is 1. The molecule has 0 saturated carbocycles. The molecule has 1 N–H and O–H groups in total. The molecule has 1 saturated heterocycles. The number of thiophene rings is 1. The zero-order valence-electron chi connectivity index (χ0n) is 14.9. The number of rotatable bonds is 3. The number of amides is 1. The lowest BCUT2D eigenvalue weighted by Crippen LogP contribution is -2.29. The van der Waals surface area contributed by atoms with Crippen LogP contribution < -0.4 is 4.90 Å². The minimum Gasteiger partial charge on any atom is -0.507 e. The van der Waals surface area contributed by atoms with Crippen LogP contribution in [0.5, 0.6) is 0 Å². The fraction of sp³-hybridized carbons (Fsp3) is 0.0909. The summed E-state index contributed by atoms with van der Waals surface area (Å²) in [6.45, 7) is 1.57. The van der Waals surface area contributed by atoms with Gasteiger partial charge in [-0.15, -0.1) is 11.3 Å². The SMILES string of the molecule is Cc1cc(/C(O)=C2/C(=O)C(=O)N(c3ccccc3)C2c2cccs2)ccc1F. The van der Waals surface area contributed by atoms with Crippen LogP contribution in [-0.2, 0) is 9.59 Å². The van der Waals surface area contributed by atoms with Crippen LogP contribution in [0.25, 0.3) is 5.76 Å². The van der Waals surface area contributed by atoms with Gasteiger partial charge < -0.3 is 5.11 Å². The Morgan fingerprint density at radius 2 is 1.82 bits per heavy atom. The standard InChI is InChI=1S/C22H16FNO3S/c1-13-12-14(9-10-16(13)23)20(25)18-19(17-8-5-11-28-17)24(22(27)21(18)26)15-6-3-2-4-7-15/h2-12,19,25H,1H3/b20-18-. The third kappa shape index (κ3) is 2.92. The van der Waals surface area contributed by atoms with Crippen LogP contribution in [0.3, 0.4) is 0 Å². The number of halogens is 1. The van der Waals surface area contributed by atoms with Gasteiger partial charge in [0.25, 0.3) is 11.7 Å². The number of anilines is 1. The number of para-hydroxylation sites is 1. The molecule has 4 nitrogen and oxygen atoms in total. The molecule has 4 rings (SSSR count). The van der Waals surface area contributed by atoms with Crippen molar-refractivity contribution in [2.24, 2.45) is 0 Å². The van der Waals surface area contributed by atoms with Gasteiger partial charge in [0.05, 0.1) is 5.57 Å². The molecular formula is C22H16FNO3S. The molecule has 3 aromatic rings. The Morgan fingerprint density at radius 3 is 2.46 bits per heavy atom. The molecule has 1 fully saturated rings. The fourth-order valence-corrected chi connectivity index (χ4v) is 4.17. The summed E-state index contributed by atoms with van der Waals surface area (Å²) in [6, 6.07) is 15.9. The highest BCUT2D eigenvalue weighted by atomic mass is 32.1. The lowest BCUT2D eigenvalue weighted by Gasteiger charge is -2.24. The summed E-state index contributed by atoms with van der Waals surface area (Å²) in [5, 5.41) is 12.8. The molecule has 2 aromatic carbocycles. The maximum Gasteiger partial charge on any atom is 0.300 e. The minimum absolute atomic E-state index is 0.00214. The van der Waals surface area contributed by atoms with Crippen LogP contribution in [0.2, 0.25) is 0 Å². The molecule has 1 unspecified atom stereocenters. The Labute approximate surface area is 165 Å². The van der Waals surface area contributed by atoms with Gasteiger partial charge in [0, 0.05) is 16.1 Å². The number of carbonyl (C=O) groups is 2. The highest BCUT2D eigenvalue weighted by molar-refractivity contribution is 7.10. The summed E-state index contributed by atoms with van der Waals surface area (Å²) < 4.78 is 13.6. The molecular weight excluding hydrogens is 377 g/mol. The van der Waals surface area contributed by atoms with Crippen LogP contribution in [0.1, 0.15) is 22.0 Å². The molecule has 1 atom stereocenters. The van der Waals surface area contributed by atoms with E-state index in [0.29, 0.717) is 16.8 Å². The number of aryl methyl sites for hydroxylation is 1. The van der Waals surface area contributed by atoms with Crippen molar-refractivity contribution >= 4 is 34.5 Å². The predicted molar refractivity (Wildman–Crippen MR) is 107 cm³/mol. The lowest BCUT2D eigenvalue weighted by atomic mass is 9.99.